The Morgan fingerprint density at radius 3 is 2.90 bits per heavy atom. The first-order valence-corrected chi connectivity index (χ1v) is 3.22. The van der Waals surface area contributed by atoms with E-state index in [2.05, 4.69) is 0 Å². The van der Waals surface area contributed by atoms with Gasteiger partial charge < -0.3 is 9.84 Å². The number of rotatable bonds is 1. The zero-order chi connectivity index (χ0) is 7.56. The van der Waals surface area contributed by atoms with Crippen LogP contribution in [0.25, 0.3) is 0 Å². The SMILES string of the molecule is CC(=O)OC1CC=CC1O. The third-order valence-corrected chi connectivity index (χ3v) is 1.40. The molecule has 0 radical (unpaired) electrons. The molecule has 0 saturated carbocycles. The molecule has 1 rings (SSSR count). The number of aliphatic hydroxyl groups is 1. The van der Waals surface area contributed by atoms with E-state index in [1.165, 1.54) is 6.92 Å². The molecule has 3 nitrogen and oxygen atoms in total. The van der Waals surface area contributed by atoms with Crippen molar-refractivity contribution < 1.29 is 14.6 Å². The van der Waals surface area contributed by atoms with Gasteiger partial charge in [-0.25, -0.2) is 0 Å². The lowest BCUT2D eigenvalue weighted by molar-refractivity contribution is -0.149. The Morgan fingerprint density at radius 1 is 1.80 bits per heavy atom. The molecule has 1 aliphatic carbocycles. The van der Waals surface area contributed by atoms with Crippen molar-refractivity contribution in [2.24, 2.45) is 0 Å². The number of hydrogen-bond donors (Lipinski definition) is 1. The number of esters is 1. The van der Waals surface area contributed by atoms with Gasteiger partial charge in [-0.15, -0.1) is 0 Å². The summed E-state index contributed by atoms with van der Waals surface area (Å²) in [6.07, 6.45) is 3.11. The molecule has 0 bridgehead atoms. The van der Waals surface area contributed by atoms with Gasteiger partial charge in [0.2, 0.25) is 0 Å². The quantitative estimate of drug-likeness (QED) is 0.421. The predicted octanol–water partition coefficient (Wildman–Crippen LogP) is 0.239. The lowest BCUT2D eigenvalue weighted by Crippen LogP contribution is -2.24. The Hall–Kier alpha value is -0.830. The van der Waals surface area contributed by atoms with Gasteiger partial charge in [0.05, 0.1) is 0 Å². The van der Waals surface area contributed by atoms with Gasteiger partial charge in [0.25, 0.3) is 0 Å². The maximum Gasteiger partial charge on any atom is 0.303 e. The Kier molecular flexibility index (Phi) is 2.06. The number of ether oxygens (including phenoxy) is 1. The second kappa shape index (κ2) is 2.84. The smallest absolute Gasteiger partial charge is 0.303 e. The van der Waals surface area contributed by atoms with E-state index in [0.29, 0.717) is 6.42 Å². The summed E-state index contributed by atoms with van der Waals surface area (Å²) in [6, 6.07) is 0. The largest absolute Gasteiger partial charge is 0.459 e. The van der Waals surface area contributed by atoms with Gasteiger partial charge in [-0.05, 0) is 0 Å². The van der Waals surface area contributed by atoms with E-state index in [4.69, 9.17) is 9.84 Å². The molecule has 2 unspecified atom stereocenters. The topological polar surface area (TPSA) is 46.5 Å². The monoisotopic (exact) mass is 142 g/mol. The normalized spacial score (nSPS) is 30.6. The first-order valence-electron chi connectivity index (χ1n) is 3.22. The van der Waals surface area contributed by atoms with Crippen molar-refractivity contribution in [1.29, 1.82) is 0 Å². The lowest BCUT2D eigenvalue weighted by Gasteiger charge is -2.13. The molecule has 0 heterocycles. The zero-order valence-electron chi connectivity index (χ0n) is 5.78. The number of carbonyl (C=O) groups excluding carboxylic acids is 1. The van der Waals surface area contributed by atoms with Crippen LogP contribution in [0, 0.1) is 0 Å². The lowest BCUT2D eigenvalue weighted by atomic mass is 10.2. The second-order valence-corrected chi connectivity index (χ2v) is 2.30. The van der Waals surface area contributed by atoms with Crippen LogP contribution in [-0.4, -0.2) is 23.3 Å². The van der Waals surface area contributed by atoms with Crippen molar-refractivity contribution in [3.05, 3.63) is 12.2 Å². The van der Waals surface area contributed by atoms with E-state index < -0.39 is 6.10 Å². The summed E-state index contributed by atoms with van der Waals surface area (Å²) in [6.45, 7) is 1.34. The zero-order valence-corrected chi connectivity index (χ0v) is 5.78. The van der Waals surface area contributed by atoms with Crippen LogP contribution in [0.5, 0.6) is 0 Å². The molecular weight excluding hydrogens is 132 g/mol. The first-order chi connectivity index (χ1) is 4.70. The van der Waals surface area contributed by atoms with Crippen LogP contribution in [0.4, 0.5) is 0 Å². The maximum atomic E-state index is 10.4. The third kappa shape index (κ3) is 1.57. The standard InChI is InChI=1S/C7H10O3/c1-5(8)10-7-4-2-3-6(7)9/h2-3,6-7,9H,4H2,1H3. The van der Waals surface area contributed by atoms with Gasteiger partial charge in [-0.3, -0.25) is 4.79 Å². The highest BCUT2D eigenvalue weighted by Gasteiger charge is 2.22. The minimum absolute atomic E-state index is 0.340. The number of aliphatic hydroxyl groups excluding tert-OH is 1. The molecule has 1 aliphatic rings. The second-order valence-electron chi connectivity index (χ2n) is 2.30. The molecule has 0 saturated heterocycles. The summed E-state index contributed by atoms with van der Waals surface area (Å²) >= 11 is 0. The Bertz CT molecular complexity index is 162. The van der Waals surface area contributed by atoms with Crippen LogP contribution >= 0.6 is 0 Å². The summed E-state index contributed by atoms with van der Waals surface area (Å²) in [7, 11) is 0. The minimum Gasteiger partial charge on any atom is -0.459 e. The fourth-order valence-corrected chi connectivity index (χ4v) is 0.946. The van der Waals surface area contributed by atoms with Crippen LogP contribution in [0.15, 0.2) is 12.2 Å². The first kappa shape index (κ1) is 7.28. The molecule has 0 aromatic carbocycles. The van der Waals surface area contributed by atoms with Gasteiger partial charge in [0, 0.05) is 13.3 Å². The molecule has 0 aromatic heterocycles. The maximum absolute atomic E-state index is 10.4. The van der Waals surface area contributed by atoms with Crippen molar-refractivity contribution in [2.45, 2.75) is 25.6 Å². The van der Waals surface area contributed by atoms with E-state index >= 15 is 0 Å². The summed E-state index contributed by atoms with van der Waals surface area (Å²) in [4.78, 5) is 10.4. The molecule has 1 N–H and O–H groups in total. The summed E-state index contributed by atoms with van der Waals surface area (Å²) in [5.74, 6) is -0.340. The molecule has 0 aliphatic heterocycles. The highest BCUT2D eigenvalue weighted by atomic mass is 16.6. The van der Waals surface area contributed by atoms with E-state index in [-0.39, 0.29) is 12.1 Å². The van der Waals surface area contributed by atoms with Gasteiger partial charge >= 0.3 is 5.97 Å². The Labute approximate surface area is 59.3 Å². The highest BCUT2D eigenvalue weighted by molar-refractivity contribution is 5.66. The van der Waals surface area contributed by atoms with Gasteiger partial charge in [0.1, 0.15) is 12.2 Å². The van der Waals surface area contributed by atoms with Crippen molar-refractivity contribution in [1.82, 2.24) is 0 Å². The van der Waals surface area contributed by atoms with Crippen LogP contribution in [0.3, 0.4) is 0 Å². The van der Waals surface area contributed by atoms with E-state index in [9.17, 15) is 4.79 Å². The Morgan fingerprint density at radius 2 is 2.50 bits per heavy atom. The number of hydrogen-bond acceptors (Lipinski definition) is 3. The summed E-state index contributed by atoms with van der Waals surface area (Å²) in [5, 5.41) is 9.07. The highest BCUT2D eigenvalue weighted by Crippen LogP contribution is 2.14. The molecule has 0 aromatic rings. The molecule has 56 valence electrons. The van der Waals surface area contributed by atoms with E-state index in [0.717, 1.165) is 0 Å². The fourth-order valence-electron chi connectivity index (χ4n) is 0.946. The molecule has 10 heavy (non-hydrogen) atoms. The number of carbonyl (C=O) groups is 1. The van der Waals surface area contributed by atoms with Crippen molar-refractivity contribution in [3.63, 3.8) is 0 Å². The molecule has 0 spiro atoms. The van der Waals surface area contributed by atoms with Crippen molar-refractivity contribution in [2.75, 3.05) is 0 Å². The van der Waals surface area contributed by atoms with Crippen molar-refractivity contribution in [3.8, 4) is 0 Å². The Balaban J connectivity index is 2.37. The molecular formula is C7H10O3. The third-order valence-electron chi connectivity index (χ3n) is 1.40. The average molecular weight is 142 g/mol. The van der Waals surface area contributed by atoms with Crippen molar-refractivity contribution >= 4 is 5.97 Å². The average Bonchev–Trinajstić information content (AvgIpc) is 2.15. The van der Waals surface area contributed by atoms with Gasteiger partial charge in [0.15, 0.2) is 0 Å². The van der Waals surface area contributed by atoms with Crippen LogP contribution in [-0.2, 0) is 9.53 Å². The van der Waals surface area contributed by atoms with Crippen LogP contribution in [0.2, 0.25) is 0 Å². The van der Waals surface area contributed by atoms with Gasteiger partial charge in [-0.1, -0.05) is 12.2 Å². The van der Waals surface area contributed by atoms with Crippen LogP contribution < -0.4 is 0 Å². The molecule has 0 fully saturated rings. The van der Waals surface area contributed by atoms with Crippen LogP contribution in [0.1, 0.15) is 13.3 Å². The molecule has 2 atom stereocenters. The van der Waals surface area contributed by atoms with E-state index in [1.807, 2.05) is 0 Å². The summed E-state index contributed by atoms with van der Waals surface area (Å²) in [5.41, 5.74) is 0. The predicted molar refractivity (Wildman–Crippen MR) is 35.3 cm³/mol. The fraction of sp³-hybridized carbons (Fsp3) is 0.571. The minimum atomic E-state index is -0.608. The molecule has 0 amide bonds. The van der Waals surface area contributed by atoms with E-state index in [1.54, 1.807) is 12.2 Å². The molecule has 3 heteroatoms. The van der Waals surface area contributed by atoms with Gasteiger partial charge in [-0.2, -0.15) is 0 Å². The summed E-state index contributed by atoms with van der Waals surface area (Å²) < 4.78 is 4.77.